The molecule has 0 fully saturated rings. The Kier molecular flexibility index (Phi) is 6.02. The highest BCUT2D eigenvalue weighted by Gasteiger charge is 2.16. The van der Waals surface area contributed by atoms with Crippen molar-refractivity contribution < 1.29 is 23.8 Å². The molecular weight excluding hydrogens is 338 g/mol. The molecule has 25 heavy (non-hydrogen) atoms. The zero-order valence-corrected chi connectivity index (χ0v) is 16.4. The van der Waals surface area contributed by atoms with Crippen molar-refractivity contribution in [1.82, 2.24) is 4.57 Å². The summed E-state index contributed by atoms with van der Waals surface area (Å²) < 4.78 is 17.5. The van der Waals surface area contributed by atoms with E-state index in [-0.39, 0.29) is 12.7 Å². The molecule has 1 aromatic carbocycles. The minimum atomic E-state index is -1.15. The molecule has 0 atom stereocenters. The van der Waals surface area contributed by atoms with E-state index in [2.05, 4.69) is 19.6 Å². The lowest BCUT2D eigenvalue weighted by atomic mass is 10.1. The Morgan fingerprint density at radius 2 is 1.92 bits per heavy atom. The van der Waals surface area contributed by atoms with Crippen LogP contribution in [0.2, 0.25) is 25.7 Å². The van der Waals surface area contributed by atoms with Gasteiger partial charge in [0.25, 0.3) is 0 Å². The SMILES string of the molecule is COC(=O)c1cc(OCOCC[Si](C)(C)C)c2ccn(C(C)=O)c2c1. The van der Waals surface area contributed by atoms with E-state index >= 15 is 0 Å². The van der Waals surface area contributed by atoms with E-state index in [0.717, 1.165) is 11.4 Å². The Balaban J connectivity index is 2.22. The van der Waals surface area contributed by atoms with Crippen molar-refractivity contribution in [2.45, 2.75) is 32.6 Å². The zero-order chi connectivity index (χ0) is 18.6. The van der Waals surface area contributed by atoms with Gasteiger partial charge in [0.05, 0.1) is 18.2 Å². The Morgan fingerprint density at radius 1 is 1.20 bits per heavy atom. The van der Waals surface area contributed by atoms with Crippen molar-refractivity contribution in [2.24, 2.45) is 0 Å². The van der Waals surface area contributed by atoms with Crippen molar-refractivity contribution in [2.75, 3.05) is 20.5 Å². The fourth-order valence-electron chi connectivity index (χ4n) is 2.38. The van der Waals surface area contributed by atoms with Gasteiger partial charge in [-0.25, -0.2) is 4.79 Å². The second-order valence-corrected chi connectivity index (χ2v) is 12.7. The summed E-state index contributed by atoms with van der Waals surface area (Å²) in [5.41, 5.74) is 0.931. The highest BCUT2D eigenvalue weighted by Crippen LogP contribution is 2.29. The molecule has 0 N–H and O–H groups in total. The normalized spacial score (nSPS) is 11.6. The molecule has 0 aliphatic heterocycles. The fourth-order valence-corrected chi connectivity index (χ4v) is 3.14. The van der Waals surface area contributed by atoms with E-state index in [1.54, 1.807) is 24.4 Å². The molecule has 6 nitrogen and oxygen atoms in total. The maximum atomic E-state index is 11.9. The van der Waals surface area contributed by atoms with Crippen LogP contribution < -0.4 is 4.74 Å². The lowest BCUT2D eigenvalue weighted by Gasteiger charge is -2.16. The number of methoxy groups -OCH3 is 1. The van der Waals surface area contributed by atoms with Crippen LogP contribution in [0.4, 0.5) is 0 Å². The molecule has 1 heterocycles. The molecule has 0 unspecified atom stereocenters. The first-order valence-corrected chi connectivity index (χ1v) is 11.9. The van der Waals surface area contributed by atoms with Crippen molar-refractivity contribution in [1.29, 1.82) is 0 Å². The number of carbonyl (C=O) groups excluding carboxylic acids is 2. The van der Waals surface area contributed by atoms with E-state index in [1.165, 1.54) is 18.6 Å². The van der Waals surface area contributed by atoms with Crippen LogP contribution in [0.3, 0.4) is 0 Å². The van der Waals surface area contributed by atoms with Crippen molar-refractivity contribution >= 4 is 30.9 Å². The summed E-state index contributed by atoms with van der Waals surface area (Å²) in [6.45, 7) is 9.05. The Morgan fingerprint density at radius 3 is 2.52 bits per heavy atom. The number of ether oxygens (including phenoxy) is 3. The fraction of sp³-hybridized carbons (Fsp3) is 0.444. The van der Waals surface area contributed by atoms with E-state index in [4.69, 9.17) is 14.2 Å². The van der Waals surface area contributed by atoms with Crippen LogP contribution in [0.25, 0.3) is 10.9 Å². The number of aromatic nitrogens is 1. The molecule has 0 aliphatic rings. The van der Waals surface area contributed by atoms with Gasteiger partial charge in [0.1, 0.15) is 5.75 Å². The largest absolute Gasteiger partial charge is 0.467 e. The third-order valence-corrected chi connectivity index (χ3v) is 5.53. The van der Waals surface area contributed by atoms with Gasteiger partial charge in [0.15, 0.2) is 6.79 Å². The van der Waals surface area contributed by atoms with Crippen LogP contribution in [0.5, 0.6) is 5.75 Å². The standard InChI is InChI=1S/C18H25NO5Si/c1-13(20)19-7-6-15-16(19)10-14(18(21)22-2)11-17(15)24-12-23-8-9-25(3,4)5/h6-7,10-11H,8-9,12H2,1-5H3. The molecule has 0 radical (unpaired) electrons. The van der Waals surface area contributed by atoms with Gasteiger partial charge >= 0.3 is 5.97 Å². The summed E-state index contributed by atoms with van der Waals surface area (Å²) in [4.78, 5) is 23.7. The smallest absolute Gasteiger partial charge is 0.338 e. The van der Waals surface area contributed by atoms with Crippen LogP contribution in [-0.2, 0) is 9.47 Å². The number of nitrogens with zero attached hydrogens (tertiary/aromatic N) is 1. The van der Waals surface area contributed by atoms with E-state index in [1.807, 2.05) is 0 Å². The number of hydrogen-bond donors (Lipinski definition) is 0. The van der Waals surface area contributed by atoms with Gasteiger partial charge in [-0.05, 0) is 24.2 Å². The molecule has 0 saturated carbocycles. The van der Waals surface area contributed by atoms with Crippen LogP contribution >= 0.6 is 0 Å². The number of benzene rings is 1. The topological polar surface area (TPSA) is 66.8 Å². The molecule has 2 aromatic rings. The van der Waals surface area contributed by atoms with Crippen LogP contribution in [0.15, 0.2) is 24.4 Å². The lowest BCUT2D eigenvalue weighted by molar-refractivity contribution is 0.0228. The summed E-state index contributed by atoms with van der Waals surface area (Å²) >= 11 is 0. The highest BCUT2D eigenvalue weighted by atomic mass is 28.3. The monoisotopic (exact) mass is 363 g/mol. The minimum Gasteiger partial charge on any atom is -0.467 e. The van der Waals surface area contributed by atoms with Gasteiger partial charge in [0.2, 0.25) is 5.91 Å². The predicted molar refractivity (Wildman–Crippen MR) is 99.2 cm³/mol. The Bertz CT molecular complexity index is 776. The lowest BCUT2D eigenvalue weighted by Crippen LogP contribution is -2.22. The van der Waals surface area contributed by atoms with E-state index in [0.29, 0.717) is 23.4 Å². The number of fused-ring (bicyclic) bond motifs is 1. The maximum Gasteiger partial charge on any atom is 0.338 e. The van der Waals surface area contributed by atoms with Crippen LogP contribution in [0, 0.1) is 0 Å². The maximum absolute atomic E-state index is 11.9. The summed E-state index contributed by atoms with van der Waals surface area (Å²) in [5, 5.41) is 0.747. The molecule has 0 amide bonds. The summed E-state index contributed by atoms with van der Waals surface area (Å²) in [6.07, 6.45) is 1.66. The summed E-state index contributed by atoms with van der Waals surface area (Å²) in [6, 6.07) is 6.08. The number of rotatable bonds is 7. The molecule has 0 saturated heterocycles. The van der Waals surface area contributed by atoms with E-state index < -0.39 is 14.0 Å². The minimum absolute atomic E-state index is 0.0927. The second-order valence-electron chi connectivity index (χ2n) is 7.08. The van der Waals surface area contributed by atoms with Gasteiger partial charge in [-0.1, -0.05) is 19.6 Å². The van der Waals surface area contributed by atoms with Gasteiger partial charge in [0, 0.05) is 33.2 Å². The second kappa shape index (κ2) is 7.84. The van der Waals surface area contributed by atoms with Gasteiger partial charge in [-0.15, -0.1) is 0 Å². The third kappa shape index (κ3) is 4.93. The predicted octanol–water partition coefficient (Wildman–Crippen LogP) is 3.78. The van der Waals surface area contributed by atoms with Crippen molar-refractivity contribution in [3.63, 3.8) is 0 Å². The van der Waals surface area contributed by atoms with Crippen molar-refractivity contribution in [3.8, 4) is 5.75 Å². The van der Waals surface area contributed by atoms with Crippen LogP contribution in [-0.4, -0.2) is 45.0 Å². The van der Waals surface area contributed by atoms with Gasteiger partial charge < -0.3 is 14.2 Å². The molecule has 0 bridgehead atoms. The van der Waals surface area contributed by atoms with Crippen LogP contribution in [0.1, 0.15) is 22.1 Å². The van der Waals surface area contributed by atoms with Gasteiger partial charge in [-0.2, -0.15) is 0 Å². The zero-order valence-electron chi connectivity index (χ0n) is 15.4. The number of esters is 1. The molecule has 0 aliphatic carbocycles. The molecular formula is C18H25NO5Si. The Labute approximate surface area is 148 Å². The molecule has 0 spiro atoms. The molecule has 136 valence electrons. The summed E-state index contributed by atoms with van der Waals surface area (Å²) in [7, 11) is 0.165. The first-order valence-electron chi connectivity index (χ1n) is 8.18. The highest BCUT2D eigenvalue weighted by molar-refractivity contribution is 6.76. The summed E-state index contributed by atoms with van der Waals surface area (Å²) in [5.74, 6) is -0.136. The molecule has 1 aromatic heterocycles. The number of carbonyl (C=O) groups is 2. The first kappa shape index (κ1) is 19.2. The Hall–Kier alpha value is -2.12. The third-order valence-electron chi connectivity index (χ3n) is 3.82. The van der Waals surface area contributed by atoms with E-state index in [9.17, 15) is 9.59 Å². The average Bonchev–Trinajstić information content (AvgIpc) is 2.96. The average molecular weight is 363 g/mol. The molecule has 7 heteroatoms. The first-order chi connectivity index (χ1) is 11.7. The quantitative estimate of drug-likeness (QED) is 0.324. The molecule has 2 rings (SSSR count). The van der Waals surface area contributed by atoms with Gasteiger partial charge in [-0.3, -0.25) is 9.36 Å². The number of hydrogen-bond acceptors (Lipinski definition) is 5. The van der Waals surface area contributed by atoms with Crippen molar-refractivity contribution in [3.05, 3.63) is 30.0 Å².